The standard InChI is InChI=1S/C22H24N4O/c1-16-14-21(27)25-22(24-16)20-4-2-17(3-5-20)15-26-12-8-19(9-13-26)18-6-10-23-11-7-18/h2-7,10-11,14,19H,8-9,12-13,15H2,1H3,(H,24,25,27). The molecule has 5 nitrogen and oxygen atoms in total. The second-order valence-electron chi connectivity index (χ2n) is 7.26. The van der Waals surface area contributed by atoms with Crippen molar-refractivity contribution in [2.45, 2.75) is 32.2 Å². The van der Waals surface area contributed by atoms with Gasteiger partial charge in [-0.3, -0.25) is 14.7 Å². The van der Waals surface area contributed by atoms with Gasteiger partial charge in [-0.05, 0) is 62.0 Å². The van der Waals surface area contributed by atoms with E-state index in [1.54, 1.807) is 0 Å². The zero-order valence-corrected chi connectivity index (χ0v) is 15.6. The second kappa shape index (κ2) is 7.84. The summed E-state index contributed by atoms with van der Waals surface area (Å²) < 4.78 is 0. The molecule has 0 spiro atoms. The van der Waals surface area contributed by atoms with Gasteiger partial charge in [-0.25, -0.2) is 4.98 Å². The molecule has 1 aliphatic rings. The first-order valence-electron chi connectivity index (χ1n) is 9.47. The quantitative estimate of drug-likeness (QED) is 0.773. The molecule has 5 heteroatoms. The molecule has 1 saturated heterocycles. The zero-order chi connectivity index (χ0) is 18.6. The number of rotatable bonds is 4. The maximum atomic E-state index is 11.6. The third-order valence-corrected chi connectivity index (χ3v) is 5.27. The number of benzene rings is 1. The molecule has 27 heavy (non-hydrogen) atoms. The monoisotopic (exact) mass is 360 g/mol. The minimum absolute atomic E-state index is 0.112. The van der Waals surface area contributed by atoms with E-state index in [9.17, 15) is 4.79 Å². The van der Waals surface area contributed by atoms with Gasteiger partial charge < -0.3 is 4.98 Å². The van der Waals surface area contributed by atoms with Crippen molar-refractivity contribution in [1.29, 1.82) is 0 Å². The number of nitrogens with one attached hydrogen (secondary N) is 1. The van der Waals surface area contributed by atoms with Crippen LogP contribution in [-0.2, 0) is 6.54 Å². The van der Waals surface area contributed by atoms with Gasteiger partial charge in [0.15, 0.2) is 0 Å². The van der Waals surface area contributed by atoms with E-state index in [2.05, 4.69) is 44.1 Å². The molecule has 1 fully saturated rings. The first-order valence-corrected chi connectivity index (χ1v) is 9.47. The summed E-state index contributed by atoms with van der Waals surface area (Å²) in [5, 5.41) is 0. The normalized spacial score (nSPS) is 15.7. The Morgan fingerprint density at radius 3 is 2.44 bits per heavy atom. The molecule has 0 unspecified atom stereocenters. The lowest BCUT2D eigenvalue weighted by Crippen LogP contribution is -2.32. The van der Waals surface area contributed by atoms with Crippen LogP contribution in [0, 0.1) is 6.92 Å². The Bertz CT molecular complexity index is 942. The average Bonchev–Trinajstić information content (AvgIpc) is 2.69. The number of aromatic nitrogens is 3. The maximum absolute atomic E-state index is 11.6. The van der Waals surface area contributed by atoms with Gasteiger partial charge in [0.05, 0.1) is 0 Å². The van der Waals surface area contributed by atoms with Crippen LogP contribution in [0.3, 0.4) is 0 Å². The Morgan fingerprint density at radius 1 is 1.07 bits per heavy atom. The van der Waals surface area contributed by atoms with Crippen molar-refractivity contribution < 1.29 is 0 Å². The first kappa shape index (κ1) is 17.6. The summed E-state index contributed by atoms with van der Waals surface area (Å²) in [5.74, 6) is 1.28. The molecule has 1 aromatic carbocycles. The van der Waals surface area contributed by atoms with E-state index in [1.165, 1.54) is 30.0 Å². The van der Waals surface area contributed by atoms with E-state index in [0.717, 1.165) is 30.9 Å². The van der Waals surface area contributed by atoms with Crippen LogP contribution in [0.1, 0.15) is 35.6 Å². The summed E-state index contributed by atoms with van der Waals surface area (Å²) in [5.41, 5.74) is 4.26. The Kier molecular flexibility index (Phi) is 5.12. The second-order valence-corrected chi connectivity index (χ2v) is 7.26. The zero-order valence-electron chi connectivity index (χ0n) is 15.6. The third-order valence-electron chi connectivity index (χ3n) is 5.27. The summed E-state index contributed by atoms with van der Waals surface area (Å²) >= 11 is 0. The van der Waals surface area contributed by atoms with Crippen molar-refractivity contribution in [1.82, 2.24) is 19.9 Å². The largest absolute Gasteiger partial charge is 0.307 e. The molecule has 0 atom stereocenters. The molecule has 2 aromatic heterocycles. The number of hydrogen-bond acceptors (Lipinski definition) is 4. The molecule has 0 saturated carbocycles. The number of pyridine rings is 1. The lowest BCUT2D eigenvalue weighted by Gasteiger charge is -2.32. The maximum Gasteiger partial charge on any atom is 0.251 e. The van der Waals surface area contributed by atoms with E-state index in [0.29, 0.717) is 11.7 Å². The number of likely N-dealkylation sites (tertiary alicyclic amines) is 1. The van der Waals surface area contributed by atoms with Gasteiger partial charge in [-0.15, -0.1) is 0 Å². The molecule has 0 amide bonds. The molecule has 4 rings (SSSR count). The topological polar surface area (TPSA) is 61.9 Å². The van der Waals surface area contributed by atoms with Crippen LogP contribution in [0.4, 0.5) is 0 Å². The van der Waals surface area contributed by atoms with E-state index in [1.807, 2.05) is 31.5 Å². The van der Waals surface area contributed by atoms with Gasteiger partial charge in [-0.1, -0.05) is 24.3 Å². The average molecular weight is 360 g/mol. The van der Waals surface area contributed by atoms with Crippen molar-refractivity contribution in [2.75, 3.05) is 13.1 Å². The highest BCUT2D eigenvalue weighted by molar-refractivity contribution is 5.55. The summed E-state index contributed by atoms with van der Waals surface area (Å²) in [6.45, 7) is 5.02. The lowest BCUT2D eigenvalue weighted by atomic mass is 9.90. The molecule has 0 bridgehead atoms. The third kappa shape index (κ3) is 4.31. The van der Waals surface area contributed by atoms with Crippen LogP contribution in [0.2, 0.25) is 0 Å². The number of H-pyrrole nitrogens is 1. The van der Waals surface area contributed by atoms with Crippen molar-refractivity contribution in [2.24, 2.45) is 0 Å². The highest BCUT2D eigenvalue weighted by Gasteiger charge is 2.20. The summed E-state index contributed by atoms with van der Waals surface area (Å²) in [6, 6.07) is 14.1. The first-order chi connectivity index (χ1) is 13.2. The van der Waals surface area contributed by atoms with Crippen molar-refractivity contribution >= 4 is 0 Å². The van der Waals surface area contributed by atoms with Crippen LogP contribution in [0.5, 0.6) is 0 Å². The van der Waals surface area contributed by atoms with Crippen molar-refractivity contribution in [3.05, 3.63) is 82.0 Å². The fraction of sp³-hybridized carbons (Fsp3) is 0.318. The Labute approximate surface area is 159 Å². The van der Waals surface area contributed by atoms with Crippen LogP contribution in [-0.4, -0.2) is 32.9 Å². The van der Waals surface area contributed by atoms with E-state index < -0.39 is 0 Å². The SMILES string of the molecule is Cc1cc(=O)[nH]c(-c2ccc(CN3CCC(c4ccncc4)CC3)cc2)n1. The highest BCUT2D eigenvalue weighted by Crippen LogP contribution is 2.28. The summed E-state index contributed by atoms with van der Waals surface area (Å²) in [4.78, 5) is 25.5. The number of nitrogens with zero attached hydrogens (tertiary/aromatic N) is 3. The minimum atomic E-state index is -0.112. The molecule has 3 aromatic rings. The smallest absolute Gasteiger partial charge is 0.251 e. The molecule has 3 heterocycles. The van der Waals surface area contributed by atoms with Gasteiger partial charge in [0.25, 0.3) is 5.56 Å². The fourth-order valence-electron chi connectivity index (χ4n) is 3.80. The molecule has 138 valence electrons. The molecular weight excluding hydrogens is 336 g/mol. The van der Waals surface area contributed by atoms with Crippen LogP contribution in [0.25, 0.3) is 11.4 Å². The van der Waals surface area contributed by atoms with Gasteiger partial charge in [-0.2, -0.15) is 0 Å². The van der Waals surface area contributed by atoms with E-state index in [-0.39, 0.29) is 5.56 Å². The number of hydrogen-bond donors (Lipinski definition) is 1. The predicted octanol–water partition coefficient (Wildman–Crippen LogP) is 3.52. The fourth-order valence-corrected chi connectivity index (χ4v) is 3.80. The van der Waals surface area contributed by atoms with Gasteiger partial charge in [0.1, 0.15) is 5.82 Å². The predicted molar refractivity (Wildman–Crippen MR) is 107 cm³/mol. The molecule has 1 N–H and O–H groups in total. The van der Waals surface area contributed by atoms with Crippen molar-refractivity contribution in [3.8, 4) is 11.4 Å². The summed E-state index contributed by atoms with van der Waals surface area (Å²) in [7, 11) is 0. The van der Waals surface area contributed by atoms with Gasteiger partial charge >= 0.3 is 0 Å². The highest BCUT2D eigenvalue weighted by atomic mass is 16.1. The van der Waals surface area contributed by atoms with Gasteiger partial charge in [0.2, 0.25) is 0 Å². The Hall–Kier alpha value is -2.79. The van der Waals surface area contributed by atoms with E-state index in [4.69, 9.17) is 0 Å². The minimum Gasteiger partial charge on any atom is -0.307 e. The van der Waals surface area contributed by atoms with Crippen LogP contribution >= 0.6 is 0 Å². The number of piperidine rings is 1. The number of aromatic amines is 1. The Morgan fingerprint density at radius 2 is 1.78 bits per heavy atom. The Balaban J connectivity index is 1.37. The molecule has 0 radical (unpaired) electrons. The molecule has 1 aliphatic heterocycles. The summed E-state index contributed by atoms with van der Waals surface area (Å²) in [6.07, 6.45) is 6.16. The van der Waals surface area contributed by atoms with Crippen LogP contribution < -0.4 is 5.56 Å². The van der Waals surface area contributed by atoms with E-state index >= 15 is 0 Å². The van der Waals surface area contributed by atoms with Crippen molar-refractivity contribution in [3.63, 3.8) is 0 Å². The molecular formula is C22H24N4O. The van der Waals surface area contributed by atoms with Crippen LogP contribution in [0.15, 0.2) is 59.7 Å². The number of aryl methyl sites for hydroxylation is 1. The molecule has 0 aliphatic carbocycles. The lowest BCUT2D eigenvalue weighted by molar-refractivity contribution is 0.204. The van der Waals surface area contributed by atoms with Gasteiger partial charge in [0, 0.05) is 36.3 Å².